The fourth-order valence-electron chi connectivity index (χ4n) is 15.5. The maximum Gasteiger partial charge on any atom is -0.0176 e. The molecule has 0 spiro atoms. The van der Waals surface area contributed by atoms with Gasteiger partial charge in [0.15, 0.2) is 0 Å². The predicted molar refractivity (Wildman–Crippen MR) is 186 cm³/mol. The van der Waals surface area contributed by atoms with E-state index < -0.39 is 0 Å². The molecule has 10 unspecified atom stereocenters. The predicted octanol–water partition coefficient (Wildman–Crippen LogP) is 13.2. The average molecular weight is 583 g/mol. The van der Waals surface area contributed by atoms with Crippen LogP contribution >= 0.6 is 0 Å². The molecule has 4 saturated carbocycles. The number of hydrogen-bond donors (Lipinski definition) is 0. The summed E-state index contributed by atoms with van der Waals surface area (Å²) >= 11 is 0. The molecular weight excluding hydrogens is 504 g/mol. The smallest absolute Gasteiger partial charge is 0.0176 e. The number of fused-ring (bicyclic) bond motifs is 6. The summed E-state index contributed by atoms with van der Waals surface area (Å²) in [5.74, 6) is 5.23. The van der Waals surface area contributed by atoms with Crippen LogP contribution in [0.2, 0.25) is 0 Å². The first kappa shape index (κ1) is 34.9. The Kier molecular flexibility index (Phi) is 7.54. The second-order valence-corrected chi connectivity index (χ2v) is 21.8. The van der Waals surface area contributed by atoms with Gasteiger partial charge < -0.3 is 0 Å². The van der Waals surface area contributed by atoms with E-state index in [1.165, 1.54) is 25.7 Å². The van der Waals surface area contributed by atoms with E-state index in [2.05, 4.69) is 145 Å². The van der Waals surface area contributed by atoms with Crippen molar-refractivity contribution in [3.63, 3.8) is 0 Å². The van der Waals surface area contributed by atoms with E-state index in [0.29, 0.717) is 22.2 Å². The molecule has 0 heterocycles. The Hall–Kier alpha value is 0. The molecule has 0 N–H and O–H groups in total. The molecular formula is C42H78. The lowest BCUT2D eigenvalue weighted by Crippen LogP contribution is -2.67. The summed E-state index contributed by atoms with van der Waals surface area (Å²) in [5, 5.41) is 0. The van der Waals surface area contributed by atoms with Gasteiger partial charge in [-0.3, -0.25) is 0 Å². The summed E-state index contributed by atoms with van der Waals surface area (Å²) < 4.78 is 0. The van der Waals surface area contributed by atoms with Crippen LogP contribution in [-0.4, -0.2) is 0 Å². The van der Waals surface area contributed by atoms with Gasteiger partial charge in [-0.25, -0.2) is 0 Å². The number of rotatable bonds is 6. The van der Waals surface area contributed by atoms with Gasteiger partial charge in [-0.2, -0.15) is 0 Å². The van der Waals surface area contributed by atoms with Crippen molar-refractivity contribution in [1.82, 2.24) is 0 Å². The van der Waals surface area contributed by atoms with Crippen LogP contribution in [0.5, 0.6) is 0 Å². The van der Waals surface area contributed by atoms with Crippen molar-refractivity contribution in [1.29, 1.82) is 0 Å². The third kappa shape index (κ3) is 3.29. The maximum absolute atomic E-state index is 2.90. The molecule has 4 aliphatic carbocycles. The summed E-state index contributed by atoms with van der Waals surface area (Å²) in [4.78, 5) is 0. The zero-order valence-corrected chi connectivity index (χ0v) is 32.9. The molecule has 4 rings (SSSR count). The topological polar surface area (TPSA) is 0 Å². The van der Waals surface area contributed by atoms with Crippen molar-refractivity contribution in [3.8, 4) is 0 Å². The molecule has 0 heteroatoms. The van der Waals surface area contributed by atoms with Gasteiger partial charge in [-0.15, -0.1) is 0 Å². The molecule has 0 aromatic carbocycles. The molecule has 2 bridgehead atoms. The minimum absolute atomic E-state index is 0.259. The van der Waals surface area contributed by atoms with Crippen LogP contribution in [0.25, 0.3) is 0 Å². The largest absolute Gasteiger partial charge is 0.0654 e. The van der Waals surface area contributed by atoms with E-state index >= 15 is 0 Å². The monoisotopic (exact) mass is 583 g/mol. The highest BCUT2D eigenvalue weighted by Crippen LogP contribution is 2.94. The van der Waals surface area contributed by atoms with Gasteiger partial charge in [0.1, 0.15) is 0 Å². The minimum Gasteiger partial charge on any atom is -0.0654 e. The zero-order chi connectivity index (χ0) is 32.9. The fraction of sp³-hybridized carbons (Fsp3) is 1.00. The second kappa shape index (κ2) is 9.08. The summed E-state index contributed by atoms with van der Waals surface area (Å²) in [7, 11) is 0. The van der Waals surface area contributed by atoms with E-state index in [-0.39, 0.29) is 37.9 Å². The van der Waals surface area contributed by atoms with Crippen molar-refractivity contribution in [2.24, 2.45) is 95.6 Å². The SMILES string of the molecule is CCCC(C)(C1C(C(C)C)C(C)(C)C2CC3C(C(C)(C(C)(C)CC)C21)C1(C)C(C)(C)C(C)(C)C3(C)C1(C)C)C(C)(C)C. The third-order valence-electron chi connectivity index (χ3n) is 19.7. The van der Waals surface area contributed by atoms with E-state index in [1.807, 2.05) is 0 Å². The Morgan fingerprint density at radius 2 is 1.14 bits per heavy atom. The molecule has 4 aliphatic rings. The van der Waals surface area contributed by atoms with Crippen LogP contribution in [0, 0.1) is 95.6 Å². The van der Waals surface area contributed by atoms with Crippen molar-refractivity contribution in [2.75, 3.05) is 0 Å². The highest BCUT2D eigenvalue weighted by atomic mass is 14.9. The molecule has 0 radical (unpaired) electrons. The van der Waals surface area contributed by atoms with Crippen molar-refractivity contribution < 1.29 is 0 Å². The first-order chi connectivity index (χ1) is 18.5. The van der Waals surface area contributed by atoms with Gasteiger partial charge in [-0.05, 0) is 108 Å². The van der Waals surface area contributed by atoms with Crippen LogP contribution in [0.3, 0.4) is 0 Å². The first-order valence-corrected chi connectivity index (χ1v) is 18.5. The molecule has 42 heavy (non-hydrogen) atoms. The van der Waals surface area contributed by atoms with Crippen LogP contribution < -0.4 is 0 Å². The Morgan fingerprint density at radius 3 is 1.55 bits per heavy atom. The van der Waals surface area contributed by atoms with Gasteiger partial charge in [0.25, 0.3) is 0 Å². The Balaban J connectivity index is 2.18. The first-order valence-electron chi connectivity index (χ1n) is 18.5. The maximum atomic E-state index is 2.90. The molecule has 0 aliphatic heterocycles. The molecule has 246 valence electrons. The highest BCUT2D eigenvalue weighted by molar-refractivity contribution is 5.36. The standard InChI is InChI=1S/C42H78/c1-22-24-39(18,33(5,6)7)31-29(26(3)4)35(10,11)27-25-28-32(40(19,30(27)31)34(8,9)23-2)42(21)37(14,15)36(12,13)41(28,20)38(42,16)17/h26-32H,22-25H2,1-21H3. The molecule has 0 aromatic heterocycles. The molecule has 4 fully saturated rings. The van der Waals surface area contributed by atoms with E-state index in [9.17, 15) is 0 Å². The highest BCUT2D eigenvalue weighted by Gasteiger charge is 2.89. The minimum atomic E-state index is 0.259. The Bertz CT molecular complexity index is 1060. The molecule has 10 atom stereocenters. The molecule has 0 nitrogen and oxygen atoms in total. The quantitative estimate of drug-likeness (QED) is 0.292. The summed E-state index contributed by atoms with van der Waals surface area (Å²) in [6.07, 6.45) is 5.35. The Labute approximate surface area is 266 Å². The summed E-state index contributed by atoms with van der Waals surface area (Å²) in [5.41, 5.74) is 2.83. The van der Waals surface area contributed by atoms with E-state index in [0.717, 1.165) is 35.5 Å². The molecule has 0 aromatic rings. The van der Waals surface area contributed by atoms with Crippen LogP contribution in [0.4, 0.5) is 0 Å². The van der Waals surface area contributed by atoms with Gasteiger partial charge in [0.2, 0.25) is 0 Å². The third-order valence-corrected chi connectivity index (χ3v) is 19.7. The van der Waals surface area contributed by atoms with Crippen LogP contribution in [0.1, 0.15) is 171 Å². The zero-order valence-electron chi connectivity index (χ0n) is 32.9. The van der Waals surface area contributed by atoms with Crippen molar-refractivity contribution in [3.05, 3.63) is 0 Å². The van der Waals surface area contributed by atoms with Gasteiger partial charge in [-0.1, -0.05) is 158 Å². The normalized spacial score (nSPS) is 46.4. The van der Waals surface area contributed by atoms with E-state index in [1.54, 1.807) is 0 Å². The fourth-order valence-corrected chi connectivity index (χ4v) is 15.5. The lowest BCUT2D eigenvalue weighted by molar-refractivity contribution is -0.243. The molecule has 0 amide bonds. The second-order valence-electron chi connectivity index (χ2n) is 21.8. The average Bonchev–Trinajstić information content (AvgIpc) is 3.18. The van der Waals surface area contributed by atoms with E-state index in [4.69, 9.17) is 0 Å². The lowest BCUT2D eigenvalue weighted by atomic mass is 9.32. The van der Waals surface area contributed by atoms with Gasteiger partial charge >= 0.3 is 0 Å². The number of hydrogen-bond acceptors (Lipinski definition) is 0. The lowest BCUT2D eigenvalue weighted by Gasteiger charge is -2.72. The van der Waals surface area contributed by atoms with Crippen LogP contribution in [-0.2, 0) is 0 Å². The summed E-state index contributed by atoms with van der Waals surface area (Å²) in [6, 6.07) is 0. The Morgan fingerprint density at radius 1 is 0.667 bits per heavy atom. The van der Waals surface area contributed by atoms with Gasteiger partial charge in [0, 0.05) is 0 Å². The van der Waals surface area contributed by atoms with Crippen LogP contribution in [0.15, 0.2) is 0 Å². The van der Waals surface area contributed by atoms with Crippen molar-refractivity contribution in [2.45, 2.75) is 171 Å². The van der Waals surface area contributed by atoms with Crippen molar-refractivity contribution >= 4 is 0 Å². The summed E-state index contributed by atoms with van der Waals surface area (Å²) in [6.45, 7) is 56.4. The molecule has 0 saturated heterocycles. The van der Waals surface area contributed by atoms with Gasteiger partial charge in [0.05, 0.1) is 0 Å².